The van der Waals surface area contributed by atoms with Crippen molar-refractivity contribution in [3.8, 4) is 0 Å². The minimum atomic E-state index is -0.442. The summed E-state index contributed by atoms with van der Waals surface area (Å²) in [5.74, 6) is -0.173. The van der Waals surface area contributed by atoms with E-state index in [1.54, 1.807) is 26.0 Å². The SMILES string of the molecule is CNC(=O)C(C)Nc1ccc(C)c([N+](=O)[O-])c1. The minimum absolute atomic E-state index is 0.0408. The molecule has 17 heavy (non-hydrogen) atoms. The molecule has 0 aromatic heterocycles. The van der Waals surface area contributed by atoms with Gasteiger partial charge in [-0.1, -0.05) is 6.07 Å². The highest BCUT2D eigenvalue weighted by atomic mass is 16.6. The van der Waals surface area contributed by atoms with Gasteiger partial charge in [-0.05, 0) is 19.9 Å². The zero-order chi connectivity index (χ0) is 13.0. The lowest BCUT2D eigenvalue weighted by molar-refractivity contribution is -0.385. The third-order valence-electron chi connectivity index (χ3n) is 2.43. The summed E-state index contributed by atoms with van der Waals surface area (Å²) < 4.78 is 0. The number of amides is 1. The number of anilines is 1. The van der Waals surface area contributed by atoms with Crippen LogP contribution in [0.2, 0.25) is 0 Å². The maximum Gasteiger partial charge on any atom is 0.274 e. The number of likely N-dealkylation sites (N-methyl/N-ethyl adjacent to an activating group) is 1. The lowest BCUT2D eigenvalue weighted by Crippen LogP contribution is -2.35. The summed E-state index contributed by atoms with van der Waals surface area (Å²) in [4.78, 5) is 21.6. The van der Waals surface area contributed by atoms with Crippen molar-refractivity contribution in [2.24, 2.45) is 0 Å². The van der Waals surface area contributed by atoms with Gasteiger partial charge in [-0.25, -0.2) is 0 Å². The number of benzene rings is 1. The van der Waals surface area contributed by atoms with Crippen molar-refractivity contribution in [1.29, 1.82) is 0 Å². The smallest absolute Gasteiger partial charge is 0.274 e. The Morgan fingerprint density at radius 2 is 2.12 bits per heavy atom. The van der Waals surface area contributed by atoms with Crippen LogP contribution in [0.15, 0.2) is 18.2 Å². The topological polar surface area (TPSA) is 84.3 Å². The maximum atomic E-state index is 11.3. The average molecular weight is 237 g/mol. The van der Waals surface area contributed by atoms with E-state index in [2.05, 4.69) is 10.6 Å². The van der Waals surface area contributed by atoms with Crippen LogP contribution >= 0.6 is 0 Å². The minimum Gasteiger partial charge on any atom is -0.374 e. The molecule has 0 aliphatic carbocycles. The number of aryl methyl sites for hydroxylation is 1. The van der Waals surface area contributed by atoms with Gasteiger partial charge in [0.15, 0.2) is 0 Å². The molecule has 0 bridgehead atoms. The Hall–Kier alpha value is -2.11. The van der Waals surface area contributed by atoms with Crippen molar-refractivity contribution >= 4 is 17.3 Å². The first-order chi connectivity index (χ1) is 7.95. The summed E-state index contributed by atoms with van der Waals surface area (Å²) in [6, 6.07) is 4.34. The highest BCUT2D eigenvalue weighted by molar-refractivity contribution is 5.84. The summed E-state index contributed by atoms with van der Waals surface area (Å²) in [5.41, 5.74) is 1.19. The van der Waals surface area contributed by atoms with Crippen LogP contribution in [-0.4, -0.2) is 23.9 Å². The van der Waals surface area contributed by atoms with Crippen LogP contribution in [0.1, 0.15) is 12.5 Å². The Balaban J connectivity index is 2.90. The molecular formula is C11H15N3O3. The number of carbonyl (C=O) groups is 1. The van der Waals surface area contributed by atoms with E-state index in [1.807, 2.05) is 0 Å². The van der Waals surface area contributed by atoms with Crippen LogP contribution in [0, 0.1) is 17.0 Å². The lowest BCUT2D eigenvalue weighted by Gasteiger charge is -2.13. The molecule has 6 nitrogen and oxygen atoms in total. The molecule has 1 aromatic rings. The van der Waals surface area contributed by atoms with Crippen molar-refractivity contribution in [2.75, 3.05) is 12.4 Å². The Kier molecular flexibility index (Phi) is 4.03. The molecule has 2 N–H and O–H groups in total. The first-order valence-electron chi connectivity index (χ1n) is 5.19. The van der Waals surface area contributed by atoms with Gasteiger partial charge in [-0.2, -0.15) is 0 Å². The quantitative estimate of drug-likeness (QED) is 0.613. The fourth-order valence-electron chi connectivity index (χ4n) is 1.43. The van der Waals surface area contributed by atoms with Crippen LogP contribution < -0.4 is 10.6 Å². The molecule has 1 atom stereocenters. The molecule has 0 radical (unpaired) electrons. The Bertz CT molecular complexity index is 446. The molecule has 0 heterocycles. The number of nitrogens with one attached hydrogen (secondary N) is 2. The van der Waals surface area contributed by atoms with Gasteiger partial charge in [0.2, 0.25) is 5.91 Å². The van der Waals surface area contributed by atoms with E-state index < -0.39 is 11.0 Å². The van der Waals surface area contributed by atoms with E-state index in [-0.39, 0.29) is 11.6 Å². The second-order valence-corrected chi connectivity index (χ2v) is 3.74. The van der Waals surface area contributed by atoms with Gasteiger partial charge in [0, 0.05) is 24.4 Å². The summed E-state index contributed by atoms with van der Waals surface area (Å²) in [7, 11) is 1.54. The molecule has 0 fully saturated rings. The number of nitro groups is 1. The van der Waals surface area contributed by atoms with Crippen LogP contribution in [0.5, 0.6) is 0 Å². The molecule has 92 valence electrons. The number of carbonyl (C=O) groups excluding carboxylic acids is 1. The maximum absolute atomic E-state index is 11.3. The number of nitro benzene ring substituents is 1. The third kappa shape index (κ3) is 3.17. The van der Waals surface area contributed by atoms with Gasteiger partial charge in [0.05, 0.1) is 4.92 Å². The van der Waals surface area contributed by atoms with Gasteiger partial charge >= 0.3 is 0 Å². The standard InChI is InChI=1S/C11H15N3O3/c1-7-4-5-9(6-10(7)14(16)17)13-8(2)11(15)12-3/h4-6,8,13H,1-3H3,(H,12,15). The van der Waals surface area contributed by atoms with E-state index >= 15 is 0 Å². The van der Waals surface area contributed by atoms with E-state index in [0.29, 0.717) is 11.3 Å². The predicted molar refractivity (Wildman–Crippen MR) is 65.0 cm³/mol. The molecule has 1 unspecified atom stereocenters. The highest BCUT2D eigenvalue weighted by Gasteiger charge is 2.14. The van der Waals surface area contributed by atoms with Crippen molar-refractivity contribution in [1.82, 2.24) is 5.32 Å². The first kappa shape index (κ1) is 13.0. The van der Waals surface area contributed by atoms with Crippen molar-refractivity contribution in [3.63, 3.8) is 0 Å². The normalized spacial score (nSPS) is 11.7. The van der Waals surface area contributed by atoms with E-state index in [4.69, 9.17) is 0 Å². The molecule has 1 aromatic carbocycles. The second kappa shape index (κ2) is 5.29. The summed E-state index contributed by atoms with van der Waals surface area (Å²) in [6.45, 7) is 3.36. The van der Waals surface area contributed by atoms with Crippen LogP contribution in [0.4, 0.5) is 11.4 Å². The van der Waals surface area contributed by atoms with Crippen LogP contribution in [0.3, 0.4) is 0 Å². The molecular weight excluding hydrogens is 222 g/mol. The Labute approximate surface area is 99.2 Å². The Morgan fingerprint density at radius 3 is 2.65 bits per heavy atom. The fraction of sp³-hybridized carbons (Fsp3) is 0.364. The predicted octanol–water partition coefficient (Wildman–Crippen LogP) is 1.45. The van der Waals surface area contributed by atoms with Crippen molar-refractivity contribution in [2.45, 2.75) is 19.9 Å². The molecule has 1 amide bonds. The molecule has 0 aliphatic heterocycles. The summed E-state index contributed by atoms with van der Waals surface area (Å²) in [5, 5.41) is 16.1. The monoisotopic (exact) mass is 237 g/mol. The van der Waals surface area contributed by atoms with E-state index in [0.717, 1.165) is 0 Å². The highest BCUT2D eigenvalue weighted by Crippen LogP contribution is 2.22. The molecule has 0 saturated carbocycles. The van der Waals surface area contributed by atoms with Crippen LogP contribution in [0.25, 0.3) is 0 Å². The number of hydrogen-bond acceptors (Lipinski definition) is 4. The van der Waals surface area contributed by atoms with Gasteiger partial charge in [-0.15, -0.1) is 0 Å². The average Bonchev–Trinajstić information content (AvgIpc) is 2.30. The fourth-order valence-corrected chi connectivity index (χ4v) is 1.43. The summed E-state index contributed by atoms with van der Waals surface area (Å²) in [6.07, 6.45) is 0. The first-order valence-corrected chi connectivity index (χ1v) is 5.19. The summed E-state index contributed by atoms with van der Waals surface area (Å²) >= 11 is 0. The van der Waals surface area contributed by atoms with Crippen molar-refractivity contribution in [3.05, 3.63) is 33.9 Å². The third-order valence-corrected chi connectivity index (χ3v) is 2.43. The number of rotatable bonds is 4. The Morgan fingerprint density at radius 1 is 1.47 bits per heavy atom. The largest absolute Gasteiger partial charge is 0.374 e. The van der Waals surface area contributed by atoms with Gasteiger partial charge in [0.1, 0.15) is 6.04 Å². The zero-order valence-electron chi connectivity index (χ0n) is 9.98. The molecule has 1 rings (SSSR count). The zero-order valence-corrected chi connectivity index (χ0v) is 9.98. The van der Waals surface area contributed by atoms with Crippen molar-refractivity contribution < 1.29 is 9.72 Å². The lowest BCUT2D eigenvalue weighted by atomic mass is 10.1. The van der Waals surface area contributed by atoms with Gasteiger partial charge in [-0.3, -0.25) is 14.9 Å². The van der Waals surface area contributed by atoms with Crippen LogP contribution in [-0.2, 0) is 4.79 Å². The molecule has 0 spiro atoms. The second-order valence-electron chi connectivity index (χ2n) is 3.74. The van der Waals surface area contributed by atoms with E-state index in [1.165, 1.54) is 13.1 Å². The number of hydrogen-bond donors (Lipinski definition) is 2. The van der Waals surface area contributed by atoms with E-state index in [9.17, 15) is 14.9 Å². The molecule has 6 heteroatoms. The molecule has 0 aliphatic rings. The molecule has 0 saturated heterocycles. The number of nitrogens with zero attached hydrogens (tertiary/aromatic N) is 1. The van der Waals surface area contributed by atoms with Gasteiger partial charge < -0.3 is 10.6 Å². The van der Waals surface area contributed by atoms with Gasteiger partial charge in [0.25, 0.3) is 5.69 Å².